The number of hydrogen-bond acceptors (Lipinski definition) is 6. The fraction of sp³-hybridized carbons (Fsp3) is 0.333. The van der Waals surface area contributed by atoms with E-state index in [1.165, 1.54) is 6.07 Å². The van der Waals surface area contributed by atoms with Crippen molar-refractivity contribution >= 4 is 30.5 Å². The second-order valence-corrected chi connectivity index (χ2v) is 8.07. The molecular weight excluding hydrogens is 461 g/mol. The first-order valence-corrected chi connectivity index (χ1v) is 10.6. The van der Waals surface area contributed by atoms with Gasteiger partial charge in [-0.15, -0.1) is 24.8 Å². The molecule has 0 bridgehead atoms. The van der Waals surface area contributed by atoms with Crippen molar-refractivity contribution in [3.05, 3.63) is 76.0 Å². The van der Waals surface area contributed by atoms with Gasteiger partial charge in [0.2, 0.25) is 0 Å². The van der Waals surface area contributed by atoms with E-state index in [9.17, 15) is 10.1 Å². The van der Waals surface area contributed by atoms with Crippen LogP contribution in [0, 0.1) is 17.0 Å². The molecule has 1 aliphatic rings. The zero-order valence-corrected chi connectivity index (χ0v) is 20.4. The molecule has 0 amide bonds. The van der Waals surface area contributed by atoms with Crippen LogP contribution in [-0.2, 0) is 6.54 Å². The molecule has 9 heteroatoms. The number of hydrogen-bond donors (Lipinski definition) is 0. The molecule has 0 atom stereocenters. The summed E-state index contributed by atoms with van der Waals surface area (Å²) in [5.74, 6) is 0.638. The smallest absolute Gasteiger partial charge is 0.270 e. The molecule has 2 heterocycles. The monoisotopic (exact) mass is 489 g/mol. The maximum absolute atomic E-state index is 11.4. The van der Waals surface area contributed by atoms with Crippen LogP contribution in [-0.4, -0.2) is 57.9 Å². The van der Waals surface area contributed by atoms with Crippen molar-refractivity contribution in [2.45, 2.75) is 19.9 Å². The predicted octanol–water partition coefficient (Wildman–Crippen LogP) is 5.01. The van der Waals surface area contributed by atoms with Crippen molar-refractivity contribution in [1.29, 1.82) is 0 Å². The zero-order chi connectivity index (χ0) is 21.8. The van der Waals surface area contributed by atoms with Crippen molar-refractivity contribution in [2.24, 2.45) is 0 Å². The van der Waals surface area contributed by atoms with E-state index in [0.717, 1.165) is 67.2 Å². The third-order valence-corrected chi connectivity index (χ3v) is 5.77. The average Bonchev–Trinajstić information content (AvgIpc) is 2.99. The largest absolute Gasteiger partial charge is 0.305 e. The van der Waals surface area contributed by atoms with Crippen molar-refractivity contribution in [1.82, 2.24) is 19.8 Å². The fourth-order valence-corrected chi connectivity index (χ4v) is 3.99. The average molecular weight is 490 g/mol. The number of likely N-dealkylation sites (N-methyl/N-ethyl adjacent to an activating group) is 1. The number of nitro groups is 1. The molecule has 7 nitrogen and oxygen atoms in total. The first-order valence-electron chi connectivity index (χ1n) is 10.6. The summed E-state index contributed by atoms with van der Waals surface area (Å²) in [6.45, 7) is 6.84. The summed E-state index contributed by atoms with van der Waals surface area (Å²) >= 11 is 0. The number of nitrogens with zero attached hydrogens (tertiary/aromatic N) is 5. The molecule has 0 aliphatic carbocycles. The number of non-ortho nitro benzene ring substituents is 1. The Morgan fingerprint density at radius 2 is 1.67 bits per heavy atom. The highest BCUT2D eigenvalue weighted by molar-refractivity contribution is 5.85. The van der Waals surface area contributed by atoms with Crippen LogP contribution in [0.4, 0.5) is 5.69 Å². The molecular formula is C24H29Cl2N5O2. The minimum Gasteiger partial charge on any atom is -0.305 e. The minimum atomic E-state index is -0.361. The predicted molar refractivity (Wildman–Crippen MR) is 136 cm³/mol. The summed E-state index contributed by atoms with van der Waals surface area (Å²) in [6.07, 6.45) is 1.12. The van der Waals surface area contributed by atoms with E-state index in [1.807, 2.05) is 43.3 Å². The van der Waals surface area contributed by atoms with Gasteiger partial charge in [-0.3, -0.25) is 15.0 Å². The van der Waals surface area contributed by atoms with Gasteiger partial charge in [-0.2, -0.15) is 0 Å². The molecule has 3 aromatic rings. The SMILES string of the molecule is Cc1nc(-c2ccccc2)nc(-c2cccc([N+](=O)[O-])c2)c1CN1CCCN(C)CC1.Cl.Cl. The Labute approximate surface area is 206 Å². The fourth-order valence-electron chi connectivity index (χ4n) is 3.99. The van der Waals surface area contributed by atoms with Gasteiger partial charge in [-0.05, 0) is 33.5 Å². The van der Waals surface area contributed by atoms with Gasteiger partial charge < -0.3 is 4.90 Å². The van der Waals surface area contributed by atoms with Gasteiger partial charge in [0.05, 0.1) is 10.6 Å². The topological polar surface area (TPSA) is 75.4 Å². The van der Waals surface area contributed by atoms with E-state index < -0.39 is 0 Å². The molecule has 1 fully saturated rings. The maximum atomic E-state index is 11.4. The third-order valence-electron chi connectivity index (χ3n) is 5.77. The number of nitro benzene ring substituents is 1. The Bertz CT molecular complexity index is 1080. The summed E-state index contributed by atoms with van der Waals surface area (Å²) in [4.78, 5) is 25.5. The lowest BCUT2D eigenvalue weighted by molar-refractivity contribution is -0.384. The van der Waals surface area contributed by atoms with Crippen LogP contribution in [0.2, 0.25) is 0 Å². The van der Waals surface area contributed by atoms with E-state index >= 15 is 0 Å². The summed E-state index contributed by atoms with van der Waals surface area (Å²) in [7, 11) is 2.15. The second kappa shape index (κ2) is 12.0. The van der Waals surface area contributed by atoms with E-state index in [1.54, 1.807) is 12.1 Å². The van der Waals surface area contributed by atoms with Gasteiger partial charge >= 0.3 is 0 Å². The molecule has 176 valence electrons. The molecule has 0 radical (unpaired) electrons. The van der Waals surface area contributed by atoms with Gasteiger partial charge in [0.25, 0.3) is 5.69 Å². The van der Waals surface area contributed by atoms with Crippen LogP contribution in [0.3, 0.4) is 0 Å². The lowest BCUT2D eigenvalue weighted by atomic mass is 10.0. The lowest BCUT2D eigenvalue weighted by Gasteiger charge is -2.23. The Morgan fingerprint density at radius 1 is 0.939 bits per heavy atom. The number of benzene rings is 2. The highest BCUT2D eigenvalue weighted by atomic mass is 35.5. The summed E-state index contributed by atoms with van der Waals surface area (Å²) in [5.41, 5.74) is 4.46. The molecule has 2 aromatic carbocycles. The highest BCUT2D eigenvalue weighted by Gasteiger charge is 2.20. The van der Waals surface area contributed by atoms with Crippen molar-refractivity contribution in [2.75, 3.05) is 33.2 Å². The minimum absolute atomic E-state index is 0. The molecule has 4 rings (SSSR count). The Hall–Kier alpha value is -2.58. The van der Waals surface area contributed by atoms with Crippen molar-refractivity contribution in [3.8, 4) is 22.6 Å². The molecule has 1 saturated heterocycles. The summed E-state index contributed by atoms with van der Waals surface area (Å²) < 4.78 is 0. The number of halogens is 2. The third kappa shape index (κ3) is 6.48. The highest BCUT2D eigenvalue weighted by Crippen LogP contribution is 2.30. The first-order chi connectivity index (χ1) is 15.0. The van der Waals surface area contributed by atoms with E-state index in [0.29, 0.717) is 5.82 Å². The Balaban J connectivity index is 0.00000193. The quantitative estimate of drug-likeness (QED) is 0.370. The number of rotatable bonds is 5. The van der Waals surface area contributed by atoms with Crippen LogP contribution in [0.15, 0.2) is 54.6 Å². The van der Waals surface area contributed by atoms with Crippen LogP contribution in [0.5, 0.6) is 0 Å². The normalized spacial score (nSPS) is 14.6. The standard InChI is InChI=1S/C24H27N5O2.2ClH/c1-18-22(17-28-13-7-12-27(2)14-15-28)23(20-10-6-11-21(16-20)29(30)31)26-24(25-18)19-8-4-3-5-9-19;;/h3-6,8-11,16H,7,12-15,17H2,1-2H3;2*1H. The van der Waals surface area contributed by atoms with E-state index in [4.69, 9.17) is 9.97 Å². The number of aromatic nitrogens is 2. The van der Waals surface area contributed by atoms with E-state index in [2.05, 4.69) is 16.8 Å². The van der Waals surface area contributed by atoms with Crippen LogP contribution in [0.1, 0.15) is 17.7 Å². The zero-order valence-electron chi connectivity index (χ0n) is 18.8. The van der Waals surface area contributed by atoms with Gasteiger partial charge in [0, 0.05) is 54.2 Å². The molecule has 33 heavy (non-hydrogen) atoms. The lowest BCUT2D eigenvalue weighted by Crippen LogP contribution is -2.29. The number of aryl methyl sites for hydroxylation is 1. The second-order valence-electron chi connectivity index (χ2n) is 8.07. The van der Waals surface area contributed by atoms with Gasteiger partial charge in [0.15, 0.2) is 5.82 Å². The van der Waals surface area contributed by atoms with Crippen molar-refractivity contribution in [3.63, 3.8) is 0 Å². The van der Waals surface area contributed by atoms with Gasteiger partial charge in [-0.25, -0.2) is 9.97 Å². The van der Waals surface area contributed by atoms with Crippen LogP contribution in [0.25, 0.3) is 22.6 Å². The molecule has 0 unspecified atom stereocenters. The molecule has 1 aromatic heterocycles. The first kappa shape index (κ1) is 26.7. The van der Waals surface area contributed by atoms with E-state index in [-0.39, 0.29) is 35.4 Å². The molecule has 0 saturated carbocycles. The van der Waals surface area contributed by atoms with Gasteiger partial charge in [-0.1, -0.05) is 42.5 Å². The Kier molecular flexibility index (Phi) is 9.73. The summed E-state index contributed by atoms with van der Waals surface area (Å²) in [5, 5.41) is 11.4. The van der Waals surface area contributed by atoms with Crippen molar-refractivity contribution < 1.29 is 4.92 Å². The molecule has 0 N–H and O–H groups in total. The molecule has 0 spiro atoms. The maximum Gasteiger partial charge on any atom is 0.270 e. The van der Waals surface area contributed by atoms with Crippen LogP contribution < -0.4 is 0 Å². The summed E-state index contributed by atoms with van der Waals surface area (Å²) in [6, 6.07) is 16.6. The van der Waals surface area contributed by atoms with Gasteiger partial charge in [0.1, 0.15) is 0 Å². The van der Waals surface area contributed by atoms with Crippen LogP contribution >= 0.6 is 24.8 Å². The Morgan fingerprint density at radius 3 is 2.39 bits per heavy atom. The molecule has 1 aliphatic heterocycles.